The zero-order valence-electron chi connectivity index (χ0n) is 16.1. The van der Waals surface area contributed by atoms with Gasteiger partial charge in [-0.15, -0.1) is 0 Å². The molecule has 3 aromatic rings. The molecule has 1 saturated heterocycles. The molecule has 0 aliphatic carbocycles. The summed E-state index contributed by atoms with van der Waals surface area (Å²) in [6.07, 6.45) is 1.21. The third-order valence-corrected chi connectivity index (χ3v) is 5.18. The third-order valence-electron chi connectivity index (χ3n) is 5.18. The molecule has 1 aliphatic heterocycles. The summed E-state index contributed by atoms with van der Waals surface area (Å²) in [5, 5.41) is 3.91. The van der Waals surface area contributed by atoms with E-state index in [0.29, 0.717) is 18.5 Å². The van der Waals surface area contributed by atoms with Crippen LogP contribution in [0.2, 0.25) is 0 Å². The van der Waals surface area contributed by atoms with Crippen LogP contribution in [0.25, 0.3) is 10.9 Å². The van der Waals surface area contributed by atoms with Gasteiger partial charge in [0, 0.05) is 29.7 Å². The van der Waals surface area contributed by atoms with E-state index in [1.165, 1.54) is 5.56 Å². The van der Waals surface area contributed by atoms with Crippen LogP contribution in [0.4, 0.5) is 5.69 Å². The number of hydrogen-bond acceptors (Lipinski definition) is 3. The van der Waals surface area contributed by atoms with E-state index >= 15 is 0 Å². The van der Waals surface area contributed by atoms with Gasteiger partial charge in [0.25, 0.3) is 5.91 Å². The molecule has 4 rings (SSSR count). The summed E-state index contributed by atoms with van der Waals surface area (Å²) in [6, 6.07) is 17.2. The Kier molecular flexibility index (Phi) is 4.82. The predicted octanol–water partition coefficient (Wildman–Crippen LogP) is 3.64. The summed E-state index contributed by atoms with van der Waals surface area (Å²) in [7, 11) is 0. The molecule has 0 radical (unpaired) electrons. The summed E-state index contributed by atoms with van der Waals surface area (Å²) >= 11 is 0. The molecule has 5 nitrogen and oxygen atoms in total. The topological polar surface area (TPSA) is 62.3 Å². The average molecular weight is 373 g/mol. The monoisotopic (exact) mass is 373 g/mol. The van der Waals surface area contributed by atoms with Gasteiger partial charge in [-0.05, 0) is 49.2 Å². The molecule has 142 valence electrons. The number of fused-ring (bicyclic) bond motifs is 1. The first kappa shape index (κ1) is 18.2. The molecule has 2 aromatic carbocycles. The van der Waals surface area contributed by atoms with Crippen LogP contribution in [0, 0.1) is 6.92 Å². The van der Waals surface area contributed by atoms with Crippen LogP contribution in [0.1, 0.15) is 35.0 Å². The Morgan fingerprint density at radius 2 is 1.96 bits per heavy atom. The zero-order chi connectivity index (χ0) is 19.7. The Labute approximate surface area is 164 Å². The normalized spacial score (nSPS) is 16.6. The van der Waals surface area contributed by atoms with E-state index in [1.54, 1.807) is 4.90 Å². The summed E-state index contributed by atoms with van der Waals surface area (Å²) in [6.45, 7) is 4.46. The van der Waals surface area contributed by atoms with Crippen LogP contribution in [-0.2, 0) is 11.2 Å². The van der Waals surface area contributed by atoms with E-state index < -0.39 is 0 Å². The van der Waals surface area contributed by atoms with Gasteiger partial charge in [-0.25, -0.2) is 0 Å². The largest absolute Gasteiger partial charge is 0.347 e. The molecule has 2 heterocycles. The fourth-order valence-electron chi connectivity index (χ4n) is 3.74. The van der Waals surface area contributed by atoms with Crippen molar-refractivity contribution in [3.05, 3.63) is 71.4 Å². The number of pyridine rings is 1. The second-order valence-corrected chi connectivity index (χ2v) is 7.23. The minimum absolute atomic E-state index is 0.0283. The molecule has 0 bridgehead atoms. The maximum atomic E-state index is 13.0. The number of nitrogens with zero attached hydrogens (tertiary/aromatic N) is 2. The third kappa shape index (κ3) is 3.48. The Hall–Kier alpha value is -3.21. The Balaban J connectivity index is 1.58. The van der Waals surface area contributed by atoms with Crippen molar-refractivity contribution in [3.8, 4) is 0 Å². The van der Waals surface area contributed by atoms with Gasteiger partial charge in [0.2, 0.25) is 5.91 Å². The molecular weight excluding hydrogens is 350 g/mol. The van der Waals surface area contributed by atoms with Crippen LogP contribution in [0.15, 0.2) is 54.6 Å². The number of para-hydroxylation sites is 1. The molecule has 0 spiro atoms. The minimum atomic E-state index is -0.210. The maximum Gasteiger partial charge on any atom is 0.252 e. The number of carbonyl (C=O) groups is 2. The second kappa shape index (κ2) is 7.43. The summed E-state index contributed by atoms with van der Waals surface area (Å²) < 4.78 is 0. The van der Waals surface area contributed by atoms with Crippen molar-refractivity contribution in [2.45, 2.75) is 32.7 Å². The van der Waals surface area contributed by atoms with Crippen LogP contribution in [0.5, 0.6) is 0 Å². The lowest BCUT2D eigenvalue weighted by Gasteiger charge is -2.17. The van der Waals surface area contributed by atoms with Crippen molar-refractivity contribution < 1.29 is 9.59 Å². The van der Waals surface area contributed by atoms with Crippen molar-refractivity contribution in [1.29, 1.82) is 0 Å². The first-order chi connectivity index (χ1) is 13.5. The summed E-state index contributed by atoms with van der Waals surface area (Å²) in [5.74, 6) is -0.128. The molecule has 1 N–H and O–H groups in total. The molecule has 28 heavy (non-hydrogen) atoms. The van der Waals surface area contributed by atoms with E-state index in [9.17, 15) is 9.59 Å². The second-order valence-electron chi connectivity index (χ2n) is 7.23. The van der Waals surface area contributed by atoms with E-state index in [1.807, 2.05) is 61.5 Å². The molecule has 5 heteroatoms. The van der Waals surface area contributed by atoms with Crippen molar-refractivity contribution in [1.82, 2.24) is 10.3 Å². The van der Waals surface area contributed by atoms with Gasteiger partial charge in [0.15, 0.2) is 0 Å². The minimum Gasteiger partial charge on any atom is -0.347 e. The average Bonchev–Trinajstić information content (AvgIpc) is 3.07. The van der Waals surface area contributed by atoms with Crippen LogP contribution in [0.3, 0.4) is 0 Å². The van der Waals surface area contributed by atoms with Crippen LogP contribution >= 0.6 is 0 Å². The molecule has 1 aromatic heterocycles. The van der Waals surface area contributed by atoms with Gasteiger partial charge >= 0.3 is 0 Å². The predicted molar refractivity (Wildman–Crippen MR) is 111 cm³/mol. The quantitative estimate of drug-likeness (QED) is 0.759. The van der Waals surface area contributed by atoms with E-state index in [0.717, 1.165) is 28.7 Å². The Bertz CT molecular complexity index is 1050. The number of amides is 2. The van der Waals surface area contributed by atoms with E-state index in [4.69, 9.17) is 0 Å². The first-order valence-corrected chi connectivity index (χ1v) is 9.61. The standard InChI is InChI=1S/C23H23N3O2/c1-3-16-9-10-21-19(12-16)20(11-15(2)24-21)23(28)25-17-13-22(27)26(14-17)18-7-5-4-6-8-18/h4-12,17H,3,13-14H2,1-2H3,(H,25,28). The fraction of sp³-hybridized carbons (Fsp3) is 0.261. The Morgan fingerprint density at radius 1 is 1.18 bits per heavy atom. The highest BCUT2D eigenvalue weighted by atomic mass is 16.2. The highest BCUT2D eigenvalue weighted by Gasteiger charge is 2.32. The van der Waals surface area contributed by atoms with Crippen molar-refractivity contribution in [2.75, 3.05) is 11.4 Å². The highest BCUT2D eigenvalue weighted by Crippen LogP contribution is 2.23. The molecule has 2 amide bonds. The van der Waals surface area contributed by atoms with E-state index in [2.05, 4.69) is 17.2 Å². The number of nitrogens with one attached hydrogen (secondary N) is 1. The highest BCUT2D eigenvalue weighted by molar-refractivity contribution is 6.07. The number of rotatable bonds is 4. The number of benzene rings is 2. The van der Waals surface area contributed by atoms with Crippen molar-refractivity contribution >= 4 is 28.4 Å². The number of hydrogen-bond donors (Lipinski definition) is 1. The molecule has 1 fully saturated rings. The summed E-state index contributed by atoms with van der Waals surface area (Å²) in [4.78, 5) is 31.7. The van der Waals surface area contributed by atoms with Gasteiger partial charge in [-0.3, -0.25) is 14.6 Å². The molecule has 1 aliphatic rings. The van der Waals surface area contributed by atoms with Gasteiger partial charge in [-0.2, -0.15) is 0 Å². The molecule has 0 saturated carbocycles. The van der Waals surface area contributed by atoms with Crippen LogP contribution in [-0.4, -0.2) is 29.4 Å². The number of anilines is 1. The molecule has 1 unspecified atom stereocenters. The van der Waals surface area contributed by atoms with Crippen molar-refractivity contribution in [2.24, 2.45) is 0 Å². The number of aryl methyl sites for hydroxylation is 2. The van der Waals surface area contributed by atoms with Gasteiger partial charge in [-0.1, -0.05) is 31.2 Å². The number of aromatic nitrogens is 1. The summed E-state index contributed by atoms with van der Waals surface area (Å²) in [5.41, 5.74) is 4.26. The van der Waals surface area contributed by atoms with E-state index in [-0.39, 0.29) is 17.9 Å². The fourth-order valence-corrected chi connectivity index (χ4v) is 3.74. The van der Waals surface area contributed by atoms with Crippen molar-refractivity contribution in [3.63, 3.8) is 0 Å². The lowest BCUT2D eigenvalue weighted by atomic mass is 10.0. The smallest absolute Gasteiger partial charge is 0.252 e. The SMILES string of the molecule is CCc1ccc2nc(C)cc(C(=O)NC3CC(=O)N(c4ccccc4)C3)c2c1. The zero-order valence-corrected chi connectivity index (χ0v) is 16.1. The Morgan fingerprint density at radius 3 is 2.71 bits per heavy atom. The molecular formula is C23H23N3O2. The lowest BCUT2D eigenvalue weighted by molar-refractivity contribution is -0.117. The number of carbonyl (C=O) groups excluding carboxylic acids is 2. The van der Waals surface area contributed by atoms with Crippen LogP contribution < -0.4 is 10.2 Å². The molecule has 1 atom stereocenters. The van der Waals surface area contributed by atoms with Gasteiger partial charge < -0.3 is 10.2 Å². The first-order valence-electron chi connectivity index (χ1n) is 9.61. The lowest BCUT2D eigenvalue weighted by Crippen LogP contribution is -2.37. The maximum absolute atomic E-state index is 13.0. The van der Waals surface area contributed by atoms with Gasteiger partial charge in [0.1, 0.15) is 0 Å². The van der Waals surface area contributed by atoms with Gasteiger partial charge in [0.05, 0.1) is 17.1 Å².